The maximum absolute atomic E-state index is 13.9. The predicted molar refractivity (Wildman–Crippen MR) is 120 cm³/mol. The van der Waals surface area contributed by atoms with E-state index in [9.17, 15) is 9.59 Å². The first-order valence-electron chi connectivity index (χ1n) is 9.79. The van der Waals surface area contributed by atoms with E-state index in [2.05, 4.69) is 27.7 Å². The predicted octanol–water partition coefficient (Wildman–Crippen LogP) is 6.50. The molecule has 1 aromatic carbocycles. The molecule has 0 spiro atoms. The van der Waals surface area contributed by atoms with Crippen LogP contribution < -0.4 is 0 Å². The molecular weight excluding hydrogens is 372 g/mol. The Balaban J connectivity index is 2.73. The number of carbonyl (C=O) groups excluding carboxylic acids is 2. The van der Waals surface area contributed by atoms with Crippen LogP contribution in [0.3, 0.4) is 0 Å². The van der Waals surface area contributed by atoms with Crippen molar-refractivity contribution in [3.8, 4) is 0 Å². The molecule has 2 nitrogen and oxygen atoms in total. The van der Waals surface area contributed by atoms with E-state index in [0.29, 0.717) is 17.4 Å². The Hall–Kier alpha value is -1.00. The van der Waals surface area contributed by atoms with Crippen LogP contribution in [0.15, 0.2) is 34.1 Å². The Morgan fingerprint density at radius 3 is 1.93 bits per heavy atom. The topological polar surface area (TPSA) is 34.1 Å². The quantitative estimate of drug-likeness (QED) is 0.366. The number of Topliss-reactive ketones (excluding diaryl/α,β-unsaturated/α-hetero) is 2. The van der Waals surface area contributed by atoms with E-state index in [-0.39, 0.29) is 11.6 Å². The van der Waals surface area contributed by atoms with Gasteiger partial charge in [0.05, 0.1) is 15.2 Å². The molecule has 0 aliphatic heterocycles. The molecule has 148 valence electrons. The molecule has 0 unspecified atom stereocenters. The van der Waals surface area contributed by atoms with Crippen molar-refractivity contribution in [1.82, 2.24) is 0 Å². The van der Waals surface area contributed by atoms with Gasteiger partial charge < -0.3 is 0 Å². The third-order valence-electron chi connectivity index (χ3n) is 5.45. The van der Waals surface area contributed by atoms with Crippen molar-refractivity contribution in [1.29, 1.82) is 0 Å². The minimum absolute atomic E-state index is 0.0474. The zero-order valence-electron chi connectivity index (χ0n) is 17.4. The summed E-state index contributed by atoms with van der Waals surface area (Å²) in [7, 11) is 0. The molecule has 0 atom stereocenters. The van der Waals surface area contributed by atoms with Crippen molar-refractivity contribution in [3.05, 3.63) is 45.2 Å². The van der Waals surface area contributed by atoms with E-state index in [1.807, 2.05) is 36.8 Å². The number of thioether (sulfide) groups is 2. The van der Waals surface area contributed by atoms with Crippen LogP contribution in [0.4, 0.5) is 0 Å². The largest absolute Gasteiger partial charge is 0.293 e. The minimum atomic E-state index is -0.578. The highest BCUT2D eigenvalue weighted by molar-refractivity contribution is 8.21. The van der Waals surface area contributed by atoms with Crippen molar-refractivity contribution in [2.45, 2.75) is 58.8 Å². The zero-order chi connectivity index (χ0) is 20.2. The molecule has 27 heavy (non-hydrogen) atoms. The Morgan fingerprint density at radius 2 is 1.44 bits per heavy atom. The smallest absolute Gasteiger partial charge is 0.198 e. The second kappa shape index (κ2) is 9.47. The third kappa shape index (κ3) is 4.54. The van der Waals surface area contributed by atoms with Gasteiger partial charge >= 0.3 is 0 Å². The minimum Gasteiger partial charge on any atom is -0.293 e. The lowest BCUT2D eigenvalue weighted by Crippen LogP contribution is -2.44. The Morgan fingerprint density at radius 1 is 0.926 bits per heavy atom. The van der Waals surface area contributed by atoms with Crippen molar-refractivity contribution in [2.75, 3.05) is 12.5 Å². The van der Waals surface area contributed by atoms with Crippen molar-refractivity contribution in [2.24, 2.45) is 11.8 Å². The Kier molecular flexibility index (Phi) is 7.82. The summed E-state index contributed by atoms with van der Waals surface area (Å²) in [4.78, 5) is 27.1. The summed E-state index contributed by atoms with van der Waals surface area (Å²) < 4.78 is 0.845. The summed E-state index contributed by atoms with van der Waals surface area (Å²) >= 11 is 3.02. The first-order chi connectivity index (χ1) is 12.8. The van der Waals surface area contributed by atoms with Crippen molar-refractivity contribution < 1.29 is 9.59 Å². The van der Waals surface area contributed by atoms with E-state index in [4.69, 9.17) is 0 Å². The number of ketones is 2. The number of benzene rings is 1. The van der Waals surface area contributed by atoms with Crippen LogP contribution in [0, 0.1) is 11.8 Å². The first-order valence-corrected chi connectivity index (χ1v) is 12.2. The second-order valence-electron chi connectivity index (χ2n) is 8.22. The van der Waals surface area contributed by atoms with Crippen LogP contribution in [0.5, 0.6) is 0 Å². The van der Waals surface area contributed by atoms with E-state index in [1.54, 1.807) is 0 Å². The Labute approximate surface area is 173 Å². The van der Waals surface area contributed by atoms with Crippen LogP contribution in [0.25, 0.3) is 0 Å². The van der Waals surface area contributed by atoms with Crippen molar-refractivity contribution in [3.63, 3.8) is 0 Å². The monoisotopic (exact) mass is 404 g/mol. The van der Waals surface area contributed by atoms with Crippen LogP contribution in [-0.4, -0.2) is 24.1 Å². The van der Waals surface area contributed by atoms with Gasteiger partial charge in [-0.2, -0.15) is 0 Å². The number of carbonyl (C=O) groups is 2. The highest BCUT2D eigenvalue weighted by Gasteiger charge is 2.49. The normalized spacial score (nSPS) is 16.2. The van der Waals surface area contributed by atoms with Gasteiger partial charge in [-0.15, -0.1) is 23.5 Å². The molecule has 4 heteroatoms. The van der Waals surface area contributed by atoms with Gasteiger partial charge in [-0.3, -0.25) is 9.59 Å². The van der Waals surface area contributed by atoms with Crippen LogP contribution in [-0.2, 0) is 10.2 Å². The lowest BCUT2D eigenvalue weighted by molar-refractivity contribution is -0.121. The van der Waals surface area contributed by atoms with Crippen LogP contribution in [0.2, 0.25) is 0 Å². The Bertz CT molecular complexity index is 714. The number of hydrogen-bond donors (Lipinski definition) is 0. The molecule has 0 amide bonds. The third-order valence-corrected chi connectivity index (χ3v) is 7.60. The molecule has 0 N–H and O–H groups in total. The highest BCUT2D eigenvalue weighted by Crippen LogP contribution is 2.47. The zero-order valence-corrected chi connectivity index (χ0v) is 19.1. The summed E-state index contributed by atoms with van der Waals surface area (Å²) in [5.74, 6) is 0.989. The molecule has 1 aliphatic rings. The van der Waals surface area contributed by atoms with Gasteiger partial charge in [0.2, 0.25) is 0 Å². The fourth-order valence-corrected chi connectivity index (χ4v) is 5.31. The van der Waals surface area contributed by atoms with Gasteiger partial charge in [0.25, 0.3) is 0 Å². The average molecular weight is 405 g/mol. The van der Waals surface area contributed by atoms with Gasteiger partial charge in [0, 0.05) is 5.56 Å². The molecular formula is C23H32O2S2. The number of allylic oxidation sites excluding steroid dienone is 1. The summed E-state index contributed by atoms with van der Waals surface area (Å²) in [5, 5.41) is 0. The second-order valence-corrected chi connectivity index (χ2v) is 10.1. The molecule has 0 fully saturated rings. The summed E-state index contributed by atoms with van der Waals surface area (Å²) in [6, 6.07) is 7.80. The van der Waals surface area contributed by atoms with E-state index in [1.165, 1.54) is 23.5 Å². The van der Waals surface area contributed by atoms with Gasteiger partial charge in [-0.05, 0) is 55.6 Å². The van der Waals surface area contributed by atoms with Gasteiger partial charge in [-0.25, -0.2) is 0 Å². The fraction of sp³-hybridized carbons (Fsp3) is 0.565. The van der Waals surface area contributed by atoms with Crippen LogP contribution >= 0.6 is 23.5 Å². The number of fused-ring (bicyclic) bond motifs is 1. The van der Waals surface area contributed by atoms with Gasteiger partial charge in [-0.1, -0.05) is 52.0 Å². The average Bonchev–Trinajstić information content (AvgIpc) is 2.64. The molecule has 2 rings (SSSR count). The summed E-state index contributed by atoms with van der Waals surface area (Å²) in [6.07, 6.45) is 7.47. The lowest BCUT2D eigenvalue weighted by Gasteiger charge is -2.39. The van der Waals surface area contributed by atoms with E-state index < -0.39 is 5.41 Å². The molecule has 0 radical (unpaired) electrons. The SMILES string of the molecule is CSC(SC)=C1C(=O)c2ccccc2C(CCC(C)C)(CCC(C)C)C1=O. The first kappa shape index (κ1) is 22.3. The standard InChI is InChI=1S/C23H32O2S2/c1-15(2)11-13-23(14-12-16(3)4)18-10-8-7-9-17(18)20(24)19(21(23)25)22(26-5)27-6/h7-10,15-16H,11-14H2,1-6H3. The van der Waals surface area contributed by atoms with Crippen molar-refractivity contribution >= 4 is 35.1 Å². The van der Waals surface area contributed by atoms with Gasteiger partial charge in [0.1, 0.15) is 0 Å². The number of rotatable bonds is 8. The van der Waals surface area contributed by atoms with Gasteiger partial charge in [0.15, 0.2) is 11.6 Å². The maximum Gasteiger partial charge on any atom is 0.198 e. The molecule has 0 saturated heterocycles. The fourth-order valence-electron chi connectivity index (χ4n) is 3.86. The molecule has 1 aliphatic carbocycles. The number of hydrogen-bond acceptors (Lipinski definition) is 4. The molecule has 0 saturated carbocycles. The molecule has 0 heterocycles. The highest BCUT2D eigenvalue weighted by atomic mass is 32.2. The van der Waals surface area contributed by atoms with E-state index in [0.717, 1.165) is 41.0 Å². The molecule has 1 aromatic rings. The summed E-state index contributed by atoms with van der Waals surface area (Å²) in [6.45, 7) is 8.80. The van der Waals surface area contributed by atoms with E-state index >= 15 is 0 Å². The molecule has 0 aromatic heterocycles. The van der Waals surface area contributed by atoms with Crippen LogP contribution in [0.1, 0.15) is 69.3 Å². The molecule has 0 bridgehead atoms. The maximum atomic E-state index is 13.9. The lowest BCUT2D eigenvalue weighted by atomic mass is 9.61. The summed E-state index contributed by atoms with van der Waals surface area (Å²) in [5.41, 5.74) is 1.51.